The predicted octanol–water partition coefficient (Wildman–Crippen LogP) is 3.60. The van der Waals surface area contributed by atoms with Crippen LogP contribution in [0.2, 0.25) is 0 Å². The molecule has 1 aliphatic rings. The van der Waals surface area contributed by atoms with Crippen LogP contribution in [0.3, 0.4) is 0 Å². The number of rotatable bonds is 3. The molecule has 0 bridgehead atoms. The molecule has 3 rings (SSSR count). The van der Waals surface area contributed by atoms with Crippen molar-refractivity contribution in [2.45, 2.75) is 32.2 Å². The van der Waals surface area contributed by atoms with Crippen LogP contribution in [-0.2, 0) is 10.2 Å². The quantitative estimate of drug-likeness (QED) is 0.909. The highest BCUT2D eigenvalue weighted by Crippen LogP contribution is 2.40. The monoisotopic (exact) mass is 300 g/mol. The third kappa shape index (κ3) is 2.19. The zero-order chi connectivity index (χ0) is 15.2. The molecule has 2 aromatic rings. The molecule has 2 heterocycles. The number of amides is 1. The predicted molar refractivity (Wildman–Crippen MR) is 88.1 cm³/mol. The van der Waals surface area contributed by atoms with Crippen molar-refractivity contribution in [3.05, 3.63) is 51.2 Å². The van der Waals surface area contributed by atoms with Gasteiger partial charge in [-0.3, -0.25) is 4.79 Å². The Bertz CT molecular complexity index is 703. The Morgan fingerprint density at radius 3 is 2.67 bits per heavy atom. The van der Waals surface area contributed by atoms with Gasteiger partial charge in [-0.05, 0) is 62.0 Å². The average molecular weight is 300 g/mol. The van der Waals surface area contributed by atoms with Crippen molar-refractivity contribution in [3.63, 3.8) is 0 Å². The number of hydrogen-bond acceptors (Lipinski definition) is 3. The fourth-order valence-electron chi connectivity index (χ4n) is 2.90. The maximum absolute atomic E-state index is 12.1. The number of anilines is 1. The van der Waals surface area contributed by atoms with Gasteiger partial charge in [-0.15, -0.1) is 11.3 Å². The summed E-state index contributed by atoms with van der Waals surface area (Å²) in [5.74, 6) is 0.0722. The van der Waals surface area contributed by atoms with Crippen LogP contribution in [0, 0.1) is 6.92 Å². The van der Waals surface area contributed by atoms with Crippen molar-refractivity contribution in [2.24, 2.45) is 0 Å². The summed E-state index contributed by atoms with van der Waals surface area (Å²) in [6.45, 7) is 6.09. The lowest BCUT2D eigenvalue weighted by atomic mass is 9.84. The summed E-state index contributed by atoms with van der Waals surface area (Å²) >= 11 is 1.77. The summed E-state index contributed by atoms with van der Waals surface area (Å²) in [6, 6.07) is 8.59. The molecule has 0 aliphatic carbocycles. The first-order valence-corrected chi connectivity index (χ1v) is 8.00. The Morgan fingerprint density at radius 2 is 2.05 bits per heavy atom. The normalized spacial score (nSPS) is 17.4. The summed E-state index contributed by atoms with van der Waals surface area (Å²) in [5, 5.41) is 8.48. The highest BCUT2D eigenvalue weighted by molar-refractivity contribution is 7.10. The lowest BCUT2D eigenvalue weighted by Gasteiger charge is -2.20. The maximum Gasteiger partial charge on any atom is 0.234 e. The molecule has 0 spiro atoms. The lowest BCUT2D eigenvalue weighted by molar-refractivity contribution is -0.119. The smallest absolute Gasteiger partial charge is 0.234 e. The average Bonchev–Trinajstić information content (AvgIpc) is 2.95. The molecule has 4 heteroatoms. The van der Waals surface area contributed by atoms with E-state index in [9.17, 15) is 4.79 Å². The summed E-state index contributed by atoms with van der Waals surface area (Å²) in [6.07, 6.45) is 0. The van der Waals surface area contributed by atoms with E-state index in [1.165, 1.54) is 16.0 Å². The van der Waals surface area contributed by atoms with Gasteiger partial charge in [0.25, 0.3) is 0 Å². The molecule has 1 atom stereocenters. The number of fused-ring (bicyclic) bond motifs is 1. The van der Waals surface area contributed by atoms with E-state index in [0.29, 0.717) is 0 Å². The largest absolute Gasteiger partial charge is 0.325 e. The van der Waals surface area contributed by atoms with Gasteiger partial charge in [-0.1, -0.05) is 12.1 Å². The fourth-order valence-corrected chi connectivity index (χ4v) is 3.96. The van der Waals surface area contributed by atoms with Crippen LogP contribution in [0.25, 0.3) is 0 Å². The second kappa shape index (κ2) is 4.97. The van der Waals surface area contributed by atoms with Crippen molar-refractivity contribution in [1.29, 1.82) is 0 Å². The molecule has 1 aliphatic heterocycles. The minimum atomic E-state index is -0.464. The first-order valence-electron chi connectivity index (χ1n) is 7.12. The summed E-state index contributed by atoms with van der Waals surface area (Å²) < 4.78 is 0. The van der Waals surface area contributed by atoms with Crippen molar-refractivity contribution >= 4 is 22.9 Å². The van der Waals surface area contributed by atoms with Crippen molar-refractivity contribution in [3.8, 4) is 0 Å². The minimum Gasteiger partial charge on any atom is -0.325 e. The van der Waals surface area contributed by atoms with Gasteiger partial charge >= 0.3 is 0 Å². The van der Waals surface area contributed by atoms with Crippen molar-refractivity contribution in [2.75, 3.05) is 12.4 Å². The first kappa shape index (κ1) is 14.3. The number of hydrogen-bond donors (Lipinski definition) is 2. The SMILES string of the molecule is CNC(c1ccc2c(c1)C(C)(C)C(=O)N2)c1sccc1C. The molecule has 3 nitrogen and oxygen atoms in total. The van der Waals surface area contributed by atoms with Gasteiger partial charge in [-0.25, -0.2) is 0 Å². The zero-order valence-electron chi connectivity index (χ0n) is 12.8. The van der Waals surface area contributed by atoms with Gasteiger partial charge in [0.1, 0.15) is 0 Å². The second-order valence-electron chi connectivity index (χ2n) is 6.07. The second-order valence-corrected chi connectivity index (χ2v) is 7.02. The molecule has 1 aromatic carbocycles. The molecule has 1 amide bonds. The highest BCUT2D eigenvalue weighted by Gasteiger charge is 2.38. The Morgan fingerprint density at radius 1 is 1.29 bits per heavy atom. The molecule has 21 heavy (non-hydrogen) atoms. The van der Waals surface area contributed by atoms with Crippen LogP contribution < -0.4 is 10.6 Å². The number of nitrogens with one attached hydrogen (secondary N) is 2. The minimum absolute atomic E-state index is 0.0722. The van der Waals surface area contributed by atoms with Gasteiger partial charge in [0.2, 0.25) is 5.91 Å². The van der Waals surface area contributed by atoms with Crippen molar-refractivity contribution < 1.29 is 4.79 Å². The van der Waals surface area contributed by atoms with Gasteiger partial charge < -0.3 is 10.6 Å². The van der Waals surface area contributed by atoms with Crippen LogP contribution in [0.1, 0.15) is 41.5 Å². The van der Waals surface area contributed by atoms with E-state index in [0.717, 1.165) is 11.3 Å². The van der Waals surface area contributed by atoms with Crippen LogP contribution in [0.15, 0.2) is 29.6 Å². The van der Waals surface area contributed by atoms with Crippen LogP contribution >= 0.6 is 11.3 Å². The van der Waals surface area contributed by atoms with E-state index in [2.05, 4.69) is 41.1 Å². The van der Waals surface area contributed by atoms with E-state index < -0.39 is 5.41 Å². The number of carbonyl (C=O) groups is 1. The molecule has 1 unspecified atom stereocenters. The standard InChI is InChI=1S/C17H20N2OS/c1-10-7-8-21-15(10)14(18-4)11-5-6-13-12(9-11)17(2,3)16(20)19-13/h5-9,14,18H,1-4H3,(H,19,20). The Balaban J connectivity index is 2.07. The number of thiophene rings is 1. The molecule has 1 aromatic heterocycles. The lowest BCUT2D eigenvalue weighted by Crippen LogP contribution is -2.27. The molecule has 0 fully saturated rings. The molecule has 110 valence electrons. The third-order valence-corrected chi connectivity index (χ3v) is 5.40. The van der Waals surface area contributed by atoms with Gasteiger partial charge in [0, 0.05) is 10.6 Å². The zero-order valence-corrected chi connectivity index (χ0v) is 13.6. The van der Waals surface area contributed by atoms with E-state index in [1.807, 2.05) is 27.0 Å². The molecular formula is C17H20N2OS. The summed E-state index contributed by atoms with van der Waals surface area (Å²) in [5.41, 5.74) is 4.05. The molecule has 0 radical (unpaired) electrons. The Hall–Kier alpha value is -1.65. The Kier molecular flexibility index (Phi) is 3.38. The highest BCUT2D eigenvalue weighted by atomic mass is 32.1. The van der Waals surface area contributed by atoms with E-state index >= 15 is 0 Å². The summed E-state index contributed by atoms with van der Waals surface area (Å²) in [7, 11) is 1.98. The van der Waals surface area contributed by atoms with Crippen LogP contribution in [-0.4, -0.2) is 13.0 Å². The topological polar surface area (TPSA) is 41.1 Å². The fraction of sp³-hybridized carbons (Fsp3) is 0.353. The van der Waals surface area contributed by atoms with Crippen molar-refractivity contribution in [1.82, 2.24) is 5.32 Å². The molecule has 2 N–H and O–H groups in total. The maximum atomic E-state index is 12.1. The summed E-state index contributed by atoms with van der Waals surface area (Å²) in [4.78, 5) is 13.4. The third-order valence-electron chi connectivity index (χ3n) is 4.32. The van der Waals surface area contributed by atoms with E-state index in [4.69, 9.17) is 0 Å². The number of carbonyl (C=O) groups excluding carboxylic acids is 1. The molecule has 0 saturated heterocycles. The van der Waals surface area contributed by atoms with Gasteiger partial charge in [0.05, 0.1) is 11.5 Å². The molecule has 0 saturated carbocycles. The van der Waals surface area contributed by atoms with Gasteiger partial charge in [-0.2, -0.15) is 0 Å². The Labute approximate surface area is 129 Å². The number of benzene rings is 1. The first-order chi connectivity index (χ1) is 9.95. The van der Waals surface area contributed by atoms with Crippen LogP contribution in [0.4, 0.5) is 5.69 Å². The van der Waals surface area contributed by atoms with E-state index in [1.54, 1.807) is 11.3 Å². The van der Waals surface area contributed by atoms with Crippen LogP contribution in [0.5, 0.6) is 0 Å². The number of aryl methyl sites for hydroxylation is 1. The van der Waals surface area contributed by atoms with Gasteiger partial charge in [0.15, 0.2) is 0 Å². The van der Waals surface area contributed by atoms with E-state index in [-0.39, 0.29) is 11.9 Å². The molecular weight excluding hydrogens is 280 g/mol.